The summed E-state index contributed by atoms with van der Waals surface area (Å²) >= 11 is 0. The molecule has 29 heavy (non-hydrogen) atoms. The van der Waals surface area contributed by atoms with Crippen LogP contribution in [0.25, 0.3) is 0 Å². The molecule has 1 saturated heterocycles. The molecule has 4 N–H and O–H groups in total. The maximum absolute atomic E-state index is 12.1. The molecule has 1 fully saturated rings. The van der Waals surface area contributed by atoms with Gasteiger partial charge in [0.05, 0.1) is 19.4 Å². The highest BCUT2D eigenvalue weighted by atomic mass is 16.3. The van der Waals surface area contributed by atoms with E-state index in [2.05, 4.69) is 21.3 Å². The Bertz CT molecular complexity index is 802. The Morgan fingerprint density at radius 1 is 1.00 bits per heavy atom. The van der Waals surface area contributed by atoms with E-state index in [1.54, 1.807) is 12.1 Å². The molecule has 0 radical (unpaired) electrons. The number of hydrogen-bond acceptors (Lipinski definition) is 5. The van der Waals surface area contributed by atoms with Gasteiger partial charge in [0.2, 0.25) is 5.91 Å². The summed E-state index contributed by atoms with van der Waals surface area (Å²) in [5, 5.41) is 10.6. The zero-order valence-corrected chi connectivity index (χ0v) is 16.0. The lowest BCUT2D eigenvalue weighted by atomic mass is 10.1. The largest absolute Gasteiger partial charge is 0.467 e. The maximum atomic E-state index is 12.1. The number of urea groups is 2. The van der Waals surface area contributed by atoms with Gasteiger partial charge in [0, 0.05) is 24.8 Å². The highest BCUT2D eigenvalue weighted by Gasteiger charge is 2.22. The Morgan fingerprint density at radius 2 is 1.76 bits per heavy atom. The topological polar surface area (TPSA) is 116 Å². The molecule has 154 valence electrons. The van der Waals surface area contributed by atoms with Gasteiger partial charge in [0.1, 0.15) is 5.76 Å². The number of imide groups is 1. The first kappa shape index (κ1) is 20.4. The van der Waals surface area contributed by atoms with Crippen LogP contribution in [-0.4, -0.2) is 48.5 Å². The fourth-order valence-electron chi connectivity index (χ4n) is 3.10. The smallest absolute Gasteiger partial charge is 0.321 e. The molecular weight excluding hydrogens is 374 g/mol. The first-order chi connectivity index (χ1) is 14.1. The first-order valence-electron chi connectivity index (χ1n) is 9.53. The molecule has 1 aromatic carbocycles. The third-order valence-electron chi connectivity index (χ3n) is 4.58. The van der Waals surface area contributed by atoms with E-state index in [4.69, 9.17) is 4.42 Å². The fourth-order valence-corrected chi connectivity index (χ4v) is 3.10. The highest BCUT2D eigenvalue weighted by molar-refractivity contribution is 5.95. The number of furan rings is 1. The molecule has 1 aliphatic rings. The molecule has 1 aliphatic heterocycles. The van der Waals surface area contributed by atoms with Crippen LogP contribution in [0.1, 0.15) is 18.6 Å². The zero-order chi connectivity index (χ0) is 20.5. The number of benzene rings is 1. The predicted molar refractivity (Wildman–Crippen MR) is 107 cm³/mol. The Kier molecular flexibility index (Phi) is 7.23. The van der Waals surface area contributed by atoms with Crippen LogP contribution < -0.4 is 21.3 Å². The molecule has 0 unspecified atom stereocenters. The van der Waals surface area contributed by atoms with Gasteiger partial charge >= 0.3 is 12.1 Å². The number of rotatable bonds is 6. The minimum Gasteiger partial charge on any atom is -0.467 e. The molecular formula is C20H25N5O4. The normalized spacial score (nSPS) is 14.8. The van der Waals surface area contributed by atoms with Gasteiger partial charge in [0.15, 0.2) is 0 Å². The summed E-state index contributed by atoms with van der Waals surface area (Å²) in [7, 11) is 0. The first-order valence-corrected chi connectivity index (χ1v) is 9.53. The van der Waals surface area contributed by atoms with Crippen molar-refractivity contribution in [3.63, 3.8) is 0 Å². The number of carbonyl (C=O) groups is 3. The molecule has 5 amide bonds. The minimum absolute atomic E-state index is 0.0506. The van der Waals surface area contributed by atoms with Gasteiger partial charge in [-0.15, -0.1) is 0 Å². The predicted octanol–water partition coefficient (Wildman–Crippen LogP) is 1.89. The zero-order valence-electron chi connectivity index (χ0n) is 16.0. The summed E-state index contributed by atoms with van der Waals surface area (Å²) in [6.07, 6.45) is 2.99. The quantitative estimate of drug-likeness (QED) is 0.592. The van der Waals surface area contributed by atoms with Gasteiger partial charge in [-0.25, -0.2) is 9.59 Å². The molecule has 2 heterocycles. The number of nitrogens with one attached hydrogen (secondary N) is 4. The van der Waals surface area contributed by atoms with Crippen LogP contribution in [0.15, 0.2) is 53.1 Å². The molecule has 9 nitrogen and oxygen atoms in total. The lowest BCUT2D eigenvalue weighted by molar-refractivity contribution is -0.121. The van der Waals surface area contributed by atoms with Gasteiger partial charge in [0.25, 0.3) is 0 Å². The Balaban J connectivity index is 1.31. The van der Waals surface area contributed by atoms with E-state index < -0.39 is 6.03 Å². The van der Waals surface area contributed by atoms with Crippen molar-refractivity contribution in [3.05, 3.63) is 54.5 Å². The summed E-state index contributed by atoms with van der Waals surface area (Å²) in [5.41, 5.74) is 0.740. The molecule has 0 spiro atoms. The van der Waals surface area contributed by atoms with E-state index in [9.17, 15) is 14.4 Å². The Morgan fingerprint density at radius 3 is 2.45 bits per heavy atom. The van der Waals surface area contributed by atoms with Crippen molar-refractivity contribution in [2.24, 2.45) is 0 Å². The molecule has 1 aromatic heterocycles. The SMILES string of the molecule is O=C(CN1CCC(NC(=O)Nc2ccccc2)CC1)NC(=O)NCc1ccco1. The Labute approximate surface area is 168 Å². The summed E-state index contributed by atoms with van der Waals surface area (Å²) in [4.78, 5) is 37.8. The van der Waals surface area contributed by atoms with E-state index in [1.165, 1.54) is 6.26 Å². The number of likely N-dealkylation sites (tertiary alicyclic amines) is 1. The van der Waals surface area contributed by atoms with Crippen molar-refractivity contribution in [2.75, 3.05) is 25.0 Å². The third-order valence-corrected chi connectivity index (χ3v) is 4.58. The van der Waals surface area contributed by atoms with E-state index in [-0.39, 0.29) is 31.1 Å². The van der Waals surface area contributed by atoms with E-state index in [1.807, 2.05) is 35.2 Å². The standard InChI is InChI=1S/C20H25N5O4/c26-18(24-19(27)21-13-17-7-4-12-29-17)14-25-10-8-16(9-11-25)23-20(28)22-15-5-2-1-3-6-15/h1-7,12,16H,8-11,13-14H2,(H2,22,23,28)(H2,21,24,26,27). The van der Waals surface area contributed by atoms with Crippen LogP contribution in [0, 0.1) is 0 Å². The average Bonchev–Trinajstić information content (AvgIpc) is 3.22. The number of carbonyl (C=O) groups excluding carboxylic acids is 3. The van der Waals surface area contributed by atoms with Crippen molar-refractivity contribution < 1.29 is 18.8 Å². The second-order valence-electron chi connectivity index (χ2n) is 6.83. The summed E-state index contributed by atoms with van der Waals surface area (Å²) in [5.74, 6) is 0.244. The van der Waals surface area contributed by atoms with Crippen LogP contribution in [0.3, 0.4) is 0 Å². The van der Waals surface area contributed by atoms with Crippen LogP contribution in [-0.2, 0) is 11.3 Å². The number of anilines is 1. The fraction of sp³-hybridized carbons (Fsp3) is 0.350. The molecule has 2 aromatic rings. The van der Waals surface area contributed by atoms with Crippen LogP contribution >= 0.6 is 0 Å². The van der Waals surface area contributed by atoms with Crippen molar-refractivity contribution in [1.29, 1.82) is 0 Å². The van der Waals surface area contributed by atoms with Gasteiger partial charge in [-0.05, 0) is 37.1 Å². The molecule has 0 aliphatic carbocycles. The van der Waals surface area contributed by atoms with Gasteiger partial charge in [-0.1, -0.05) is 18.2 Å². The molecule has 9 heteroatoms. The van der Waals surface area contributed by atoms with Crippen molar-refractivity contribution in [1.82, 2.24) is 20.9 Å². The second kappa shape index (κ2) is 10.3. The summed E-state index contributed by atoms with van der Waals surface area (Å²) in [6.45, 7) is 1.68. The lowest BCUT2D eigenvalue weighted by Gasteiger charge is -2.31. The number of nitrogens with zero attached hydrogens (tertiary/aromatic N) is 1. The number of hydrogen-bond donors (Lipinski definition) is 4. The minimum atomic E-state index is -0.555. The molecule has 3 rings (SSSR count). The molecule has 0 saturated carbocycles. The average molecular weight is 399 g/mol. The number of piperidine rings is 1. The van der Waals surface area contributed by atoms with Crippen LogP contribution in [0.2, 0.25) is 0 Å². The number of para-hydroxylation sites is 1. The van der Waals surface area contributed by atoms with Crippen molar-refractivity contribution >= 4 is 23.7 Å². The Hall–Kier alpha value is -3.33. The van der Waals surface area contributed by atoms with Crippen molar-refractivity contribution in [2.45, 2.75) is 25.4 Å². The van der Waals surface area contributed by atoms with E-state index in [0.29, 0.717) is 18.8 Å². The lowest BCUT2D eigenvalue weighted by Crippen LogP contribution is -2.49. The van der Waals surface area contributed by atoms with Crippen molar-refractivity contribution in [3.8, 4) is 0 Å². The molecule has 0 atom stereocenters. The van der Waals surface area contributed by atoms with Crippen LogP contribution in [0.5, 0.6) is 0 Å². The monoisotopic (exact) mass is 399 g/mol. The second-order valence-corrected chi connectivity index (χ2v) is 6.83. The third kappa shape index (κ3) is 6.96. The number of amides is 5. The van der Waals surface area contributed by atoms with Crippen LogP contribution in [0.4, 0.5) is 15.3 Å². The maximum Gasteiger partial charge on any atom is 0.321 e. The van der Waals surface area contributed by atoms with Gasteiger partial charge in [-0.3, -0.25) is 15.0 Å². The summed E-state index contributed by atoms with van der Waals surface area (Å²) in [6, 6.07) is 12.0. The van der Waals surface area contributed by atoms with Gasteiger partial charge < -0.3 is 20.4 Å². The van der Waals surface area contributed by atoms with E-state index >= 15 is 0 Å². The summed E-state index contributed by atoms with van der Waals surface area (Å²) < 4.78 is 5.11. The molecule has 0 bridgehead atoms. The van der Waals surface area contributed by atoms with Gasteiger partial charge in [-0.2, -0.15) is 0 Å². The highest BCUT2D eigenvalue weighted by Crippen LogP contribution is 2.11. The van der Waals surface area contributed by atoms with E-state index in [0.717, 1.165) is 18.5 Å².